The van der Waals surface area contributed by atoms with Crippen LogP contribution >= 0.6 is 22.9 Å². The Hall–Kier alpha value is -0.770. The molecule has 0 aliphatic heterocycles. The molecule has 0 fully saturated rings. The van der Waals surface area contributed by atoms with Gasteiger partial charge in [0.1, 0.15) is 5.76 Å². The van der Waals surface area contributed by atoms with Gasteiger partial charge in [-0.1, -0.05) is 11.6 Å². The molecular weight excluding hydrogens is 254 g/mol. The summed E-state index contributed by atoms with van der Waals surface area (Å²) in [5, 5.41) is 6.28. The Kier molecular flexibility index (Phi) is 4.66. The molecule has 0 amide bonds. The highest BCUT2D eigenvalue weighted by Gasteiger charge is 2.05. The van der Waals surface area contributed by atoms with Gasteiger partial charge in [-0.05, 0) is 31.5 Å². The van der Waals surface area contributed by atoms with Crippen LogP contribution in [0.25, 0.3) is 0 Å². The molecule has 1 unspecified atom stereocenters. The summed E-state index contributed by atoms with van der Waals surface area (Å²) in [5.41, 5.74) is 0. The van der Waals surface area contributed by atoms with Crippen molar-refractivity contribution in [2.75, 3.05) is 0 Å². The number of furan rings is 1. The SMILES string of the molecule is CC(CCc1ccco1)NCc1cc(Cl)cs1. The maximum Gasteiger partial charge on any atom is 0.103 e. The van der Waals surface area contributed by atoms with Gasteiger partial charge in [-0.2, -0.15) is 0 Å². The van der Waals surface area contributed by atoms with Gasteiger partial charge < -0.3 is 9.73 Å². The smallest absolute Gasteiger partial charge is 0.103 e. The fraction of sp³-hybridized carbons (Fsp3) is 0.385. The van der Waals surface area contributed by atoms with Crippen molar-refractivity contribution in [3.8, 4) is 0 Å². The van der Waals surface area contributed by atoms with Crippen LogP contribution in [-0.2, 0) is 13.0 Å². The maximum absolute atomic E-state index is 5.87. The van der Waals surface area contributed by atoms with Crippen molar-refractivity contribution >= 4 is 22.9 Å². The van der Waals surface area contributed by atoms with Gasteiger partial charge in [0.05, 0.1) is 11.3 Å². The second-order valence-electron chi connectivity index (χ2n) is 4.13. The van der Waals surface area contributed by atoms with Crippen LogP contribution < -0.4 is 5.32 Å². The highest BCUT2D eigenvalue weighted by atomic mass is 35.5. The molecule has 2 heterocycles. The molecular formula is C13H16ClNOS. The maximum atomic E-state index is 5.87. The number of aryl methyl sites for hydroxylation is 1. The molecule has 1 atom stereocenters. The molecule has 0 saturated heterocycles. The molecule has 2 rings (SSSR count). The first-order valence-electron chi connectivity index (χ1n) is 5.72. The number of rotatable bonds is 6. The molecule has 0 aromatic carbocycles. The highest BCUT2D eigenvalue weighted by molar-refractivity contribution is 7.10. The fourth-order valence-electron chi connectivity index (χ4n) is 1.64. The number of hydrogen-bond acceptors (Lipinski definition) is 3. The summed E-state index contributed by atoms with van der Waals surface area (Å²) in [4.78, 5) is 1.28. The summed E-state index contributed by atoms with van der Waals surface area (Å²) in [5.74, 6) is 1.05. The van der Waals surface area contributed by atoms with Crippen molar-refractivity contribution in [1.82, 2.24) is 5.32 Å². The minimum atomic E-state index is 0.473. The van der Waals surface area contributed by atoms with Gasteiger partial charge in [-0.15, -0.1) is 11.3 Å². The molecule has 0 radical (unpaired) electrons. The molecule has 0 spiro atoms. The van der Waals surface area contributed by atoms with Crippen molar-refractivity contribution < 1.29 is 4.42 Å². The van der Waals surface area contributed by atoms with Gasteiger partial charge in [0.15, 0.2) is 0 Å². The van der Waals surface area contributed by atoms with Crippen molar-refractivity contribution in [2.24, 2.45) is 0 Å². The third-order valence-electron chi connectivity index (χ3n) is 2.65. The first-order valence-corrected chi connectivity index (χ1v) is 6.98. The van der Waals surface area contributed by atoms with Gasteiger partial charge in [0, 0.05) is 29.3 Å². The van der Waals surface area contributed by atoms with Crippen LogP contribution in [-0.4, -0.2) is 6.04 Å². The topological polar surface area (TPSA) is 25.2 Å². The normalized spacial score (nSPS) is 12.8. The van der Waals surface area contributed by atoms with Crippen LogP contribution in [0.5, 0.6) is 0 Å². The third kappa shape index (κ3) is 4.19. The zero-order valence-corrected chi connectivity index (χ0v) is 11.4. The zero-order chi connectivity index (χ0) is 12.1. The van der Waals surface area contributed by atoms with Gasteiger partial charge in [-0.25, -0.2) is 0 Å². The Morgan fingerprint density at radius 1 is 1.53 bits per heavy atom. The monoisotopic (exact) mass is 269 g/mol. The molecule has 2 nitrogen and oxygen atoms in total. The quantitative estimate of drug-likeness (QED) is 0.854. The van der Waals surface area contributed by atoms with Crippen molar-refractivity contribution in [2.45, 2.75) is 32.4 Å². The molecule has 0 aliphatic rings. The molecule has 0 aliphatic carbocycles. The number of hydrogen-bond donors (Lipinski definition) is 1. The Morgan fingerprint density at radius 3 is 3.06 bits per heavy atom. The van der Waals surface area contributed by atoms with E-state index < -0.39 is 0 Å². The molecule has 2 aromatic rings. The lowest BCUT2D eigenvalue weighted by Gasteiger charge is -2.11. The Labute approximate surface area is 111 Å². The van der Waals surface area contributed by atoms with E-state index in [1.165, 1.54) is 4.88 Å². The fourth-order valence-corrected chi connectivity index (χ4v) is 2.66. The summed E-state index contributed by atoms with van der Waals surface area (Å²) >= 11 is 7.57. The lowest BCUT2D eigenvalue weighted by atomic mass is 10.1. The Balaban J connectivity index is 1.69. The van der Waals surface area contributed by atoms with E-state index in [4.69, 9.17) is 16.0 Å². The van der Waals surface area contributed by atoms with Crippen LogP contribution in [0.1, 0.15) is 24.0 Å². The van der Waals surface area contributed by atoms with E-state index in [0.29, 0.717) is 6.04 Å². The van der Waals surface area contributed by atoms with E-state index in [-0.39, 0.29) is 0 Å². The molecule has 17 heavy (non-hydrogen) atoms. The van der Waals surface area contributed by atoms with E-state index in [2.05, 4.69) is 12.2 Å². The highest BCUT2D eigenvalue weighted by Crippen LogP contribution is 2.19. The molecule has 1 N–H and O–H groups in total. The van der Waals surface area contributed by atoms with Crippen LogP contribution in [0.2, 0.25) is 5.02 Å². The van der Waals surface area contributed by atoms with Gasteiger partial charge in [0.2, 0.25) is 0 Å². The second kappa shape index (κ2) is 6.24. The average Bonchev–Trinajstić information content (AvgIpc) is 2.95. The van der Waals surface area contributed by atoms with Gasteiger partial charge in [-0.3, -0.25) is 0 Å². The van der Waals surface area contributed by atoms with E-state index >= 15 is 0 Å². The van der Waals surface area contributed by atoms with E-state index in [0.717, 1.165) is 30.2 Å². The third-order valence-corrected chi connectivity index (χ3v) is 3.93. The van der Waals surface area contributed by atoms with Gasteiger partial charge >= 0.3 is 0 Å². The van der Waals surface area contributed by atoms with E-state index in [1.54, 1.807) is 17.6 Å². The zero-order valence-electron chi connectivity index (χ0n) is 9.78. The van der Waals surface area contributed by atoms with Crippen LogP contribution in [0.4, 0.5) is 0 Å². The minimum Gasteiger partial charge on any atom is -0.469 e. The lowest BCUT2D eigenvalue weighted by molar-refractivity contribution is 0.461. The molecule has 0 bridgehead atoms. The van der Waals surface area contributed by atoms with Crippen molar-refractivity contribution in [1.29, 1.82) is 0 Å². The molecule has 0 saturated carbocycles. The van der Waals surface area contributed by atoms with E-state index in [9.17, 15) is 0 Å². The standard InChI is InChI=1S/C13H16ClNOS/c1-10(4-5-12-3-2-6-16-12)15-8-13-7-11(14)9-17-13/h2-3,6-7,9-10,15H,4-5,8H2,1H3. The average molecular weight is 270 g/mol. The summed E-state index contributed by atoms with van der Waals surface area (Å²) in [7, 11) is 0. The predicted molar refractivity (Wildman–Crippen MR) is 72.7 cm³/mol. The van der Waals surface area contributed by atoms with Crippen LogP contribution in [0.15, 0.2) is 34.3 Å². The lowest BCUT2D eigenvalue weighted by Crippen LogP contribution is -2.25. The number of halogens is 1. The first-order chi connectivity index (χ1) is 8.24. The van der Waals surface area contributed by atoms with Crippen molar-refractivity contribution in [3.05, 3.63) is 45.5 Å². The number of nitrogens with one attached hydrogen (secondary N) is 1. The molecule has 4 heteroatoms. The summed E-state index contributed by atoms with van der Waals surface area (Å²) in [6, 6.07) is 6.44. The van der Waals surface area contributed by atoms with Crippen LogP contribution in [0, 0.1) is 0 Å². The first kappa shape index (κ1) is 12.7. The summed E-state index contributed by atoms with van der Waals surface area (Å²) < 4.78 is 5.31. The molecule has 92 valence electrons. The van der Waals surface area contributed by atoms with Crippen LogP contribution in [0.3, 0.4) is 0 Å². The largest absolute Gasteiger partial charge is 0.469 e. The Morgan fingerprint density at radius 2 is 2.41 bits per heavy atom. The minimum absolute atomic E-state index is 0.473. The van der Waals surface area contributed by atoms with Gasteiger partial charge in [0.25, 0.3) is 0 Å². The second-order valence-corrected chi connectivity index (χ2v) is 5.56. The molecule has 2 aromatic heterocycles. The van der Waals surface area contributed by atoms with Crippen molar-refractivity contribution in [3.63, 3.8) is 0 Å². The van der Waals surface area contributed by atoms with E-state index in [1.807, 2.05) is 23.6 Å². The summed E-state index contributed by atoms with van der Waals surface area (Å²) in [6.07, 6.45) is 3.78. The Bertz CT molecular complexity index is 438. The predicted octanol–water partition coefficient (Wildman–Crippen LogP) is 4.11. The number of thiophene rings is 1. The summed E-state index contributed by atoms with van der Waals surface area (Å²) in [6.45, 7) is 3.08.